The molecule has 0 unspecified atom stereocenters. The molecule has 0 aromatic heterocycles. The summed E-state index contributed by atoms with van der Waals surface area (Å²) in [6.45, 7) is 2.42. The second kappa shape index (κ2) is 8.93. The Morgan fingerprint density at radius 2 is 2.12 bits per heavy atom. The molecule has 0 saturated heterocycles. The average Bonchev–Trinajstić information content (AvgIpc) is 2.23. The third-order valence-electron chi connectivity index (χ3n) is 1.87. The van der Waals surface area contributed by atoms with Gasteiger partial charge < -0.3 is 15.6 Å². The van der Waals surface area contributed by atoms with Gasteiger partial charge in [0.15, 0.2) is 0 Å². The number of hydrazine groups is 1. The highest BCUT2D eigenvalue weighted by Crippen LogP contribution is 1.99. The summed E-state index contributed by atoms with van der Waals surface area (Å²) in [5.41, 5.74) is 9.86. The van der Waals surface area contributed by atoms with E-state index in [0.717, 1.165) is 6.42 Å². The topological polar surface area (TPSA) is 114 Å². The number of carbonyl (C=O) groups excluding carboxylic acids is 1. The first-order chi connectivity index (χ1) is 7.61. The van der Waals surface area contributed by atoms with Crippen LogP contribution >= 0.6 is 0 Å². The van der Waals surface area contributed by atoms with E-state index in [1.807, 2.05) is 0 Å². The molecule has 0 radical (unpaired) electrons. The zero-order chi connectivity index (χ0) is 12.4. The second-order valence-electron chi connectivity index (χ2n) is 3.17. The highest BCUT2D eigenvalue weighted by atomic mass is 16.5. The summed E-state index contributed by atoms with van der Waals surface area (Å²) in [4.78, 5) is 21.7. The van der Waals surface area contributed by atoms with Crippen LogP contribution in [-0.2, 0) is 9.53 Å². The lowest BCUT2D eigenvalue weighted by molar-refractivity contribution is -0.139. The van der Waals surface area contributed by atoms with Gasteiger partial charge in [-0.25, -0.2) is 10.2 Å². The number of carboxylic acid groups (broad SMARTS) is 1. The minimum atomic E-state index is -1.02. The molecule has 7 nitrogen and oxygen atoms in total. The van der Waals surface area contributed by atoms with E-state index < -0.39 is 18.1 Å². The predicted molar refractivity (Wildman–Crippen MR) is 57.6 cm³/mol. The van der Waals surface area contributed by atoms with Crippen molar-refractivity contribution in [2.24, 2.45) is 5.73 Å². The minimum absolute atomic E-state index is 0.235. The van der Waals surface area contributed by atoms with E-state index in [1.165, 1.54) is 0 Å². The molecule has 0 saturated carbocycles. The van der Waals surface area contributed by atoms with Crippen molar-refractivity contribution in [2.75, 3.05) is 13.2 Å². The number of nitrogens with one attached hydrogen (secondary N) is 2. The van der Waals surface area contributed by atoms with Crippen LogP contribution in [0.3, 0.4) is 0 Å². The fraction of sp³-hybridized carbons (Fsp3) is 0.778. The minimum Gasteiger partial charge on any atom is -0.480 e. The maximum absolute atomic E-state index is 10.9. The molecule has 1 amide bonds. The van der Waals surface area contributed by atoms with E-state index >= 15 is 0 Å². The number of rotatable bonds is 8. The quantitative estimate of drug-likeness (QED) is 0.341. The van der Waals surface area contributed by atoms with Crippen molar-refractivity contribution in [1.82, 2.24) is 10.9 Å². The van der Waals surface area contributed by atoms with Crippen molar-refractivity contribution < 1.29 is 19.4 Å². The number of unbranched alkanes of at least 4 members (excludes halogenated alkanes) is 1. The monoisotopic (exact) mass is 233 g/mol. The van der Waals surface area contributed by atoms with E-state index in [0.29, 0.717) is 19.4 Å². The second-order valence-corrected chi connectivity index (χ2v) is 3.17. The molecule has 0 aromatic rings. The Morgan fingerprint density at radius 3 is 2.62 bits per heavy atom. The molecular weight excluding hydrogens is 214 g/mol. The molecule has 0 aromatic carbocycles. The van der Waals surface area contributed by atoms with Gasteiger partial charge in [0, 0.05) is 0 Å². The van der Waals surface area contributed by atoms with Gasteiger partial charge in [-0.2, -0.15) is 0 Å². The van der Waals surface area contributed by atoms with Gasteiger partial charge in [0.05, 0.1) is 6.61 Å². The number of nitrogens with two attached hydrogens (primary N) is 1. The normalized spacial score (nSPS) is 11.9. The molecule has 1 atom stereocenters. The van der Waals surface area contributed by atoms with Gasteiger partial charge in [0.1, 0.15) is 6.04 Å². The Morgan fingerprint density at radius 1 is 1.44 bits per heavy atom. The largest absolute Gasteiger partial charge is 0.480 e. The zero-order valence-electron chi connectivity index (χ0n) is 9.36. The first kappa shape index (κ1) is 14.7. The average molecular weight is 233 g/mol. The Kier molecular flexibility index (Phi) is 8.18. The van der Waals surface area contributed by atoms with Crippen LogP contribution in [0.4, 0.5) is 4.79 Å². The summed E-state index contributed by atoms with van der Waals surface area (Å²) in [6, 6.07) is -0.823. The third kappa shape index (κ3) is 7.02. The Labute approximate surface area is 94.3 Å². The number of hydrogen-bond donors (Lipinski definition) is 4. The van der Waals surface area contributed by atoms with Gasteiger partial charge in [0.25, 0.3) is 0 Å². The van der Waals surface area contributed by atoms with Crippen molar-refractivity contribution in [3.8, 4) is 0 Å². The van der Waals surface area contributed by atoms with Crippen LogP contribution in [-0.4, -0.2) is 36.4 Å². The van der Waals surface area contributed by atoms with E-state index in [9.17, 15) is 9.59 Å². The molecule has 0 aliphatic carbocycles. The van der Waals surface area contributed by atoms with Crippen LogP contribution in [0.5, 0.6) is 0 Å². The molecule has 0 spiro atoms. The molecule has 0 fully saturated rings. The molecule has 94 valence electrons. The molecule has 0 rings (SSSR count). The smallest absolute Gasteiger partial charge is 0.421 e. The molecule has 7 heteroatoms. The molecule has 0 aliphatic heterocycles. The SMILES string of the molecule is CCOC(=O)NN[C@@H](CCCCN)C(=O)O. The predicted octanol–water partition coefficient (Wildman–Crippen LogP) is -0.181. The highest BCUT2D eigenvalue weighted by Gasteiger charge is 2.17. The van der Waals surface area contributed by atoms with E-state index in [2.05, 4.69) is 15.6 Å². The number of aliphatic carboxylic acids is 1. The van der Waals surface area contributed by atoms with Crippen LogP contribution < -0.4 is 16.6 Å². The number of ether oxygens (including phenoxy) is 1. The summed E-state index contributed by atoms with van der Waals surface area (Å²) in [5.74, 6) is -1.02. The van der Waals surface area contributed by atoms with Crippen LogP contribution in [0.2, 0.25) is 0 Å². The third-order valence-corrected chi connectivity index (χ3v) is 1.87. The maximum atomic E-state index is 10.9. The van der Waals surface area contributed by atoms with E-state index in [1.54, 1.807) is 6.92 Å². The van der Waals surface area contributed by atoms with Crippen LogP contribution in [0, 0.1) is 0 Å². The van der Waals surface area contributed by atoms with Crippen molar-refractivity contribution >= 4 is 12.1 Å². The van der Waals surface area contributed by atoms with E-state index in [-0.39, 0.29) is 6.61 Å². The van der Waals surface area contributed by atoms with Gasteiger partial charge in [-0.1, -0.05) is 0 Å². The fourth-order valence-corrected chi connectivity index (χ4v) is 1.06. The number of amides is 1. The summed E-state index contributed by atoms with van der Waals surface area (Å²) in [6.07, 6.45) is 1.15. The van der Waals surface area contributed by atoms with Crippen molar-refractivity contribution in [1.29, 1.82) is 0 Å². The van der Waals surface area contributed by atoms with Crippen LogP contribution in [0.1, 0.15) is 26.2 Å². The molecular formula is C9H19N3O4. The van der Waals surface area contributed by atoms with Crippen molar-refractivity contribution in [2.45, 2.75) is 32.2 Å². The lowest BCUT2D eigenvalue weighted by Gasteiger charge is -2.14. The Bertz CT molecular complexity index is 223. The van der Waals surface area contributed by atoms with Crippen LogP contribution in [0.15, 0.2) is 0 Å². The summed E-state index contributed by atoms with van der Waals surface area (Å²) < 4.78 is 4.57. The Hall–Kier alpha value is -1.34. The van der Waals surface area contributed by atoms with Crippen molar-refractivity contribution in [3.05, 3.63) is 0 Å². The maximum Gasteiger partial charge on any atom is 0.421 e. The number of carboxylic acids is 1. The van der Waals surface area contributed by atoms with Gasteiger partial charge in [0.2, 0.25) is 0 Å². The Balaban J connectivity index is 3.85. The molecule has 16 heavy (non-hydrogen) atoms. The fourth-order valence-electron chi connectivity index (χ4n) is 1.06. The molecule has 0 aliphatic rings. The first-order valence-electron chi connectivity index (χ1n) is 5.23. The van der Waals surface area contributed by atoms with Crippen molar-refractivity contribution in [3.63, 3.8) is 0 Å². The molecule has 0 heterocycles. The lowest BCUT2D eigenvalue weighted by atomic mass is 10.1. The van der Waals surface area contributed by atoms with E-state index in [4.69, 9.17) is 10.8 Å². The molecule has 0 bridgehead atoms. The molecule has 5 N–H and O–H groups in total. The lowest BCUT2D eigenvalue weighted by Crippen LogP contribution is -2.48. The van der Waals surface area contributed by atoms with Crippen LogP contribution in [0.25, 0.3) is 0 Å². The number of hydrogen-bond acceptors (Lipinski definition) is 5. The van der Waals surface area contributed by atoms with Gasteiger partial charge in [-0.15, -0.1) is 0 Å². The summed E-state index contributed by atoms with van der Waals surface area (Å²) in [7, 11) is 0. The summed E-state index contributed by atoms with van der Waals surface area (Å²) in [5, 5.41) is 8.83. The van der Waals surface area contributed by atoms with Gasteiger partial charge in [-0.3, -0.25) is 10.2 Å². The van der Waals surface area contributed by atoms with Gasteiger partial charge in [-0.05, 0) is 32.7 Å². The highest BCUT2D eigenvalue weighted by molar-refractivity contribution is 5.74. The van der Waals surface area contributed by atoms with Gasteiger partial charge >= 0.3 is 12.1 Å². The first-order valence-corrected chi connectivity index (χ1v) is 5.23. The summed E-state index contributed by atoms with van der Waals surface area (Å²) >= 11 is 0. The standard InChI is InChI=1S/C9H19N3O4/c1-2-16-9(15)12-11-7(8(13)14)5-3-4-6-10/h7,11H,2-6,10H2,1H3,(H,12,15)(H,13,14)/t7-/m0/s1. The zero-order valence-corrected chi connectivity index (χ0v) is 9.36. The number of carbonyl (C=O) groups is 2.